The number of thioether (sulfide) groups is 2. The third-order valence-corrected chi connectivity index (χ3v) is 19.2. The van der Waals surface area contributed by atoms with E-state index < -0.39 is 131 Å². The van der Waals surface area contributed by atoms with Gasteiger partial charge in [0.1, 0.15) is 71.0 Å². The molecule has 9 rings (SSSR count). The summed E-state index contributed by atoms with van der Waals surface area (Å²) >= 11 is 3.12. The molecule has 2 aliphatic heterocycles. The minimum atomic E-state index is -1.99. The van der Waals surface area contributed by atoms with Crippen molar-refractivity contribution >= 4 is 104 Å². The fraction of sp³-hybridized carbons (Fsp3) is 0.397. The van der Waals surface area contributed by atoms with E-state index in [2.05, 4.69) is 68.5 Å². The molecule has 3 aromatic heterocycles. The number of hydrogen-bond donors (Lipinski definition) is 12. The topological polar surface area (TPSA) is 360 Å². The SMILES string of the molecule is COc1ccc(C[C@@H]2NC(=O)[C@H](Cc3ncc[nH]3)NC(=O)[C@H](CC(=O)O)NC(=O)[C@H](Cc3c[nH]c4ccc(F)cc34)NC(=O)[C@H](CCc3c[nH]c4ccc(F)cc34)NC(=O)[C@@H](C)NC(=O)[C@H](C)NC(=O)CCSCc3cccc(c3)CSCCNC(=O)[C@]3(C)CCCN3C2=O)cc1. The second-order valence-electron chi connectivity index (χ2n) is 24.3. The minimum Gasteiger partial charge on any atom is -0.497 e. The Morgan fingerprint density at radius 2 is 1.23 bits per heavy atom. The van der Waals surface area contributed by atoms with Gasteiger partial charge in [-0.15, -0.1) is 0 Å². The molecule has 29 heteroatoms. The number of hydrogen-bond acceptors (Lipinski definition) is 14. The van der Waals surface area contributed by atoms with Gasteiger partial charge >= 0.3 is 5.97 Å². The van der Waals surface area contributed by atoms with Gasteiger partial charge in [-0.1, -0.05) is 36.4 Å². The van der Waals surface area contributed by atoms with Crippen molar-refractivity contribution in [2.24, 2.45) is 0 Å². The number of aromatic amines is 3. The highest BCUT2D eigenvalue weighted by Gasteiger charge is 2.48. The zero-order valence-corrected chi connectivity index (χ0v) is 55.6. The Bertz CT molecular complexity index is 4000. The molecule has 1 fully saturated rings. The molecule has 0 spiro atoms. The second-order valence-corrected chi connectivity index (χ2v) is 26.5. The van der Waals surface area contributed by atoms with Crippen LogP contribution in [0.3, 0.4) is 0 Å². The van der Waals surface area contributed by atoms with Crippen LogP contribution in [0.25, 0.3) is 21.8 Å². The number of aliphatic carboxylic acids is 1. The number of carboxylic acids is 1. The van der Waals surface area contributed by atoms with E-state index in [-0.39, 0.29) is 56.6 Å². The van der Waals surface area contributed by atoms with Crippen molar-refractivity contribution in [2.45, 2.75) is 138 Å². The smallest absolute Gasteiger partial charge is 0.305 e. The molecule has 12 N–H and O–H groups in total. The van der Waals surface area contributed by atoms with Gasteiger partial charge in [0.2, 0.25) is 53.2 Å². The number of halogens is 2. The maximum atomic E-state index is 15.1. The Labute approximate surface area is 566 Å². The van der Waals surface area contributed by atoms with Crippen LogP contribution in [0.2, 0.25) is 0 Å². The largest absolute Gasteiger partial charge is 0.497 e. The van der Waals surface area contributed by atoms with E-state index in [4.69, 9.17) is 4.74 Å². The quantitative estimate of drug-likeness (QED) is 0.0812. The molecular formula is C68H79F2N13O12S2. The van der Waals surface area contributed by atoms with Crippen LogP contribution < -0.4 is 47.3 Å². The summed E-state index contributed by atoms with van der Waals surface area (Å²) in [5.41, 5.74) is 3.13. The predicted octanol–water partition coefficient (Wildman–Crippen LogP) is 4.30. The highest BCUT2D eigenvalue weighted by molar-refractivity contribution is 7.98. The summed E-state index contributed by atoms with van der Waals surface area (Å²) in [6, 6.07) is 12.0. The fourth-order valence-electron chi connectivity index (χ4n) is 11.8. The lowest BCUT2D eigenvalue weighted by atomic mass is 9.95. The van der Waals surface area contributed by atoms with Gasteiger partial charge in [-0.3, -0.25) is 47.9 Å². The van der Waals surface area contributed by atoms with Crippen molar-refractivity contribution in [1.29, 1.82) is 0 Å². The molecule has 1 saturated heterocycles. The number of aromatic nitrogens is 4. The number of benzene rings is 4. The standard InChI is InChI=1S/C68H79F2N13O12S2/c1-38-60(87)77-39(2)61(88)78-52(16-11-43-34-74-50-17-12-45(69)30-48(43)50)62(89)79-53(29-44-35-75-51-18-13-46(70)31-49(44)51)63(90)81-55(33-59(85)86)65(92)80-54(32-57-71-21-22-72-57)64(91)82-56(28-40-9-14-47(95-4)15-10-40)66(93)83-24-6-20-68(83,3)67(94)73-23-26-97-37-42-8-5-7-41(27-42)36-96-25-19-58(84)76-38/h5,7-10,12-15,17-18,21-22,27,30-31,34-35,38-39,52-56,74-75H,6,11,16,19-20,23-26,28-29,32-33,36-37H2,1-4H3,(H,71,72)(H,73,94)(H,76,84)(H,77,87)(H,78,88)(H,79,89)(H,80,92)(H,81,90)(H,82,91)(H,85,86)/t38-,39+,52-,53-,54-,55-,56-,68-/m0/s1. The van der Waals surface area contributed by atoms with Gasteiger partial charge in [-0.2, -0.15) is 23.5 Å². The zero-order valence-electron chi connectivity index (χ0n) is 53.9. The molecule has 25 nitrogen and oxygen atoms in total. The van der Waals surface area contributed by atoms with Crippen LogP contribution in [0.5, 0.6) is 5.75 Å². The number of ether oxygens (including phenoxy) is 1. The molecule has 4 aromatic carbocycles. The first-order chi connectivity index (χ1) is 46.5. The Morgan fingerprint density at radius 3 is 1.88 bits per heavy atom. The molecule has 2 bridgehead atoms. The van der Waals surface area contributed by atoms with Crippen molar-refractivity contribution < 1.29 is 66.6 Å². The zero-order chi connectivity index (χ0) is 69.3. The highest BCUT2D eigenvalue weighted by atomic mass is 32.2. The van der Waals surface area contributed by atoms with Crippen molar-refractivity contribution in [1.82, 2.24) is 67.4 Å². The number of nitrogens with one attached hydrogen (secondary N) is 11. The van der Waals surface area contributed by atoms with Crippen LogP contribution in [0.15, 0.2) is 110 Å². The van der Waals surface area contributed by atoms with Crippen LogP contribution in [-0.2, 0) is 85.1 Å². The van der Waals surface area contributed by atoms with Crippen LogP contribution in [0, 0.1) is 11.6 Å². The molecule has 7 aromatic rings. The number of imidazole rings is 1. The first-order valence-electron chi connectivity index (χ1n) is 31.8. The average molecular weight is 1370 g/mol. The summed E-state index contributed by atoms with van der Waals surface area (Å²) in [7, 11) is 1.49. The first-order valence-corrected chi connectivity index (χ1v) is 34.1. The van der Waals surface area contributed by atoms with Crippen molar-refractivity contribution in [3.8, 4) is 5.75 Å². The predicted molar refractivity (Wildman–Crippen MR) is 360 cm³/mol. The molecule has 5 heterocycles. The van der Waals surface area contributed by atoms with E-state index >= 15 is 9.59 Å². The summed E-state index contributed by atoms with van der Waals surface area (Å²) in [6.07, 6.45) is 4.60. The number of carbonyl (C=O) groups excluding carboxylic acids is 9. The van der Waals surface area contributed by atoms with E-state index in [1.807, 2.05) is 18.2 Å². The summed E-state index contributed by atoms with van der Waals surface area (Å²) in [6.45, 7) is 4.90. The molecule has 0 unspecified atom stereocenters. The van der Waals surface area contributed by atoms with Gasteiger partial charge in [0.25, 0.3) is 0 Å². The molecule has 0 saturated carbocycles. The molecular weight excluding hydrogens is 1290 g/mol. The van der Waals surface area contributed by atoms with E-state index in [1.165, 1.54) is 92.6 Å². The van der Waals surface area contributed by atoms with Gasteiger partial charge < -0.3 is 72.2 Å². The maximum Gasteiger partial charge on any atom is 0.305 e. The minimum absolute atomic E-state index is 0.0207. The van der Waals surface area contributed by atoms with E-state index in [1.54, 1.807) is 49.1 Å². The summed E-state index contributed by atoms with van der Waals surface area (Å²) < 4.78 is 35.0. The Kier molecular flexibility index (Phi) is 24.5. The molecule has 8 atom stereocenters. The molecule has 514 valence electrons. The number of methoxy groups -OCH3 is 1. The number of nitrogens with zero attached hydrogens (tertiary/aromatic N) is 2. The summed E-state index contributed by atoms with van der Waals surface area (Å²) in [4.78, 5) is 158. The van der Waals surface area contributed by atoms with Crippen molar-refractivity contribution in [3.63, 3.8) is 0 Å². The number of carboxylic acid groups (broad SMARTS) is 1. The normalized spacial score (nSPS) is 23.2. The van der Waals surface area contributed by atoms with E-state index in [0.29, 0.717) is 74.5 Å². The lowest BCUT2D eigenvalue weighted by molar-refractivity contribution is -0.146. The Morgan fingerprint density at radius 1 is 0.649 bits per heavy atom. The van der Waals surface area contributed by atoms with Gasteiger partial charge in [0.05, 0.1) is 13.5 Å². The van der Waals surface area contributed by atoms with Gasteiger partial charge in [-0.05, 0) is 123 Å². The molecule has 0 aliphatic carbocycles. The number of carbonyl (C=O) groups is 10. The highest BCUT2D eigenvalue weighted by Crippen LogP contribution is 2.31. The number of amides is 9. The third kappa shape index (κ3) is 19.3. The molecule has 2 aliphatic rings. The van der Waals surface area contributed by atoms with Crippen molar-refractivity contribution in [2.75, 3.05) is 31.7 Å². The molecule has 97 heavy (non-hydrogen) atoms. The lowest BCUT2D eigenvalue weighted by Gasteiger charge is -2.36. The fourth-order valence-corrected chi connectivity index (χ4v) is 13.5. The monoisotopic (exact) mass is 1370 g/mol. The number of H-pyrrole nitrogens is 3. The van der Waals surface area contributed by atoms with E-state index in [9.17, 15) is 52.2 Å². The Hall–Kier alpha value is -9.77. The van der Waals surface area contributed by atoms with Crippen LogP contribution in [0.4, 0.5) is 8.78 Å². The summed E-state index contributed by atoms with van der Waals surface area (Å²) in [5.74, 6) is -7.17. The Balaban J connectivity index is 1.04. The van der Waals surface area contributed by atoms with Gasteiger partial charge in [-0.25, -0.2) is 13.8 Å². The number of rotatable bonds is 12. The van der Waals surface area contributed by atoms with Crippen LogP contribution in [0.1, 0.15) is 86.5 Å². The van der Waals surface area contributed by atoms with Crippen LogP contribution >= 0.6 is 23.5 Å². The van der Waals surface area contributed by atoms with Gasteiger partial charge in [0, 0.05) is 108 Å². The lowest BCUT2D eigenvalue weighted by Crippen LogP contribution is -2.62. The molecule has 0 radical (unpaired) electrons. The van der Waals surface area contributed by atoms with E-state index in [0.717, 1.165) is 11.1 Å². The number of fused-ring (bicyclic) bond motifs is 5. The first kappa shape index (κ1) is 71.5. The second kappa shape index (κ2) is 33.3. The maximum absolute atomic E-state index is 15.1. The van der Waals surface area contributed by atoms with Crippen molar-refractivity contribution in [3.05, 3.63) is 155 Å². The third-order valence-electron chi connectivity index (χ3n) is 17.1. The number of aryl methyl sites for hydroxylation is 1. The average Bonchev–Trinajstić information content (AvgIpc) is 1.69. The molecule has 9 amide bonds. The summed E-state index contributed by atoms with van der Waals surface area (Å²) in [5, 5.41) is 32.5. The van der Waals surface area contributed by atoms with Gasteiger partial charge in [0.15, 0.2) is 0 Å². The van der Waals surface area contributed by atoms with Crippen LogP contribution in [-0.4, -0.2) is 169 Å².